The average molecular weight is 392 g/mol. The number of nitrogens with zero attached hydrogens (tertiary/aromatic N) is 2. The molecule has 2 aromatic carbocycles. The first kappa shape index (κ1) is 18.7. The van der Waals surface area contributed by atoms with E-state index in [0.29, 0.717) is 17.9 Å². The Labute approximate surface area is 168 Å². The summed E-state index contributed by atoms with van der Waals surface area (Å²) in [6.07, 6.45) is 1.83. The van der Waals surface area contributed by atoms with Gasteiger partial charge in [0.05, 0.1) is 13.1 Å². The number of primary amides is 1. The molecule has 7 heteroatoms. The quantitative estimate of drug-likeness (QED) is 0.645. The van der Waals surface area contributed by atoms with E-state index >= 15 is 0 Å². The number of anilines is 2. The van der Waals surface area contributed by atoms with Crippen molar-refractivity contribution in [2.45, 2.75) is 12.6 Å². The van der Waals surface area contributed by atoms with Gasteiger partial charge in [-0.2, -0.15) is 0 Å². The van der Waals surface area contributed by atoms with Gasteiger partial charge in [0.15, 0.2) is 0 Å². The van der Waals surface area contributed by atoms with Crippen LogP contribution >= 0.6 is 0 Å². The van der Waals surface area contributed by atoms with Crippen LogP contribution in [0.2, 0.25) is 0 Å². The summed E-state index contributed by atoms with van der Waals surface area (Å²) in [6, 6.07) is 17.2. The monoisotopic (exact) mass is 392 g/mol. The molecular weight excluding hydrogens is 371 g/mol. The number of carbonyl (C=O) groups excluding carboxylic acids is 1. The van der Waals surface area contributed by atoms with Crippen LogP contribution in [-0.2, 0) is 6.54 Å². The molecule has 6 nitrogen and oxygen atoms in total. The summed E-state index contributed by atoms with van der Waals surface area (Å²) < 4.78 is 18.8. The molecule has 2 heterocycles. The van der Waals surface area contributed by atoms with Crippen LogP contribution < -0.4 is 20.7 Å². The molecule has 148 valence electrons. The van der Waals surface area contributed by atoms with Gasteiger partial charge in [-0.1, -0.05) is 12.1 Å². The number of aromatic nitrogens is 1. The summed E-state index contributed by atoms with van der Waals surface area (Å²) in [7, 11) is 0. The van der Waals surface area contributed by atoms with Crippen molar-refractivity contribution >= 4 is 17.4 Å². The van der Waals surface area contributed by atoms with Crippen LogP contribution in [0, 0.1) is 5.82 Å². The van der Waals surface area contributed by atoms with Crippen molar-refractivity contribution in [3.05, 3.63) is 83.8 Å². The van der Waals surface area contributed by atoms with Crippen molar-refractivity contribution in [2.75, 3.05) is 23.3 Å². The third-order valence-electron chi connectivity index (χ3n) is 4.76. The summed E-state index contributed by atoms with van der Waals surface area (Å²) >= 11 is 0. The number of carbonyl (C=O) groups is 1. The van der Waals surface area contributed by atoms with E-state index < -0.39 is 5.91 Å². The number of rotatable bonds is 7. The van der Waals surface area contributed by atoms with Gasteiger partial charge in [-0.3, -0.25) is 4.79 Å². The molecule has 0 saturated carbocycles. The Morgan fingerprint density at radius 2 is 1.97 bits per heavy atom. The van der Waals surface area contributed by atoms with Crippen LogP contribution in [0.5, 0.6) is 5.75 Å². The summed E-state index contributed by atoms with van der Waals surface area (Å²) in [5.41, 5.74) is 7.81. The molecule has 1 aliphatic heterocycles. The van der Waals surface area contributed by atoms with Crippen LogP contribution in [0.15, 0.2) is 66.9 Å². The van der Waals surface area contributed by atoms with E-state index in [1.165, 1.54) is 12.1 Å². The molecule has 0 radical (unpaired) electrons. The van der Waals surface area contributed by atoms with Gasteiger partial charge < -0.3 is 20.7 Å². The number of amides is 1. The topological polar surface area (TPSA) is 80.5 Å². The largest absolute Gasteiger partial charge is 0.487 e. The summed E-state index contributed by atoms with van der Waals surface area (Å²) in [5.74, 6) is 0.703. The number of nitrogens with two attached hydrogens (primary N) is 1. The molecule has 1 saturated heterocycles. The van der Waals surface area contributed by atoms with E-state index in [1.54, 1.807) is 30.5 Å². The standard InChI is InChI=1S/C22H21FN4O2/c23-17-4-6-19(7-5-17)29-20-13-27(14-20)18-8-9-25-21(11-18)26-12-15-2-1-3-16(10-15)22(24)28/h1-11,20H,12-14H2,(H2,24,28)(H,25,26). The molecule has 0 atom stereocenters. The zero-order valence-corrected chi connectivity index (χ0v) is 15.7. The number of ether oxygens (including phenoxy) is 1. The Kier molecular flexibility index (Phi) is 5.29. The van der Waals surface area contributed by atoms with E-state index in [9.17, 15) is 9.18 Å². The summed E-state index contributed by atoms with van der Waals surface area (Å²) in [6.45, 7) is 2.04. The van der Waals surface area contributed by atoms with Gasteiger partial charge in [0.2, 0.25) is 5.91 Å². The van der Waals surface area contributed by atoms with Crippen LogP contribution in [0.1, 0.15) is 15.9 Å². The Morgan fingerprint density at radius 1 is 1.17 bits per heavy atom. The normalized spacial score (nSPS) is 13.6. The Hall–Kier alpha value is -3.61. The molecule has 0 bridgehead atoms. The van der Waals surface area contributed by atoms with Crippen molar-refractivity contribution in [1.82, 2.24) is 4.98 Å². The van der Waals surface area contributed by atoms with Gasteiger partial charge in [0.1, 0.15) is 23.5 Å². The van der Waals surface area contributed by atoms with Crippen molar-refractivity contribution in [3.63, 3.8) is 0 Å². The maximum Gasteiger partial charge on any atom is 0.248 e. The fourth-order valence-corrected chi connectivity index (χ4v) is 3.17. The molecule has 4 rings (SSSR count). The number of nitrogens with one attached hydrogen (secondary N) is 1. The highest BCUT2D eigenvalue weighted by molar-refractivity contribution is 5.92. The van der Waals surface area contributed by atoms with Gasteiger partial charge >= 0.3 is 0 Å². The predicted molar refractivity (Wildman–Crippen MR) is 110 cm³/mol. The molecule has 1 aromatic heterocycles. The van der Waals surface area contributed by atoms with E-state index in [-0.39, 0.29) is 11.9 Å². The second-order valence-corrected chi connectivity index (χ2v) is 6.92. The number of benzene rings is 2. The maximum atomic E-state index is 13.0. The van der Waals surface area contributed by atoms with Crippen molar-refractivity contribution < 1.29 is 13.9 Å². The molecular formula is C22H21FN4O2. The van der Waals surface area contributed by atoms with Crippen molar-refractivity contribution in [1.29, 1.82) is 0 Å². The van der Waals surface area contributed by atoms with E-state index in [4.69, 9.17) is 10.5 Å². The first-order chi connectivity index (χ1) is 14.1. The Morgan fingerprint density at radius 3 is 2.72 bits per heavy atom. The highest BCUT2D eigenvalue weighted by Gasteiger charge is 2.28. The zero-order chi connectivity index (χ0) is 20.2. The van der Waals surface area contributed by atoms with Gasteiger partial charge in [-0.25, -0.2) is 9.37 Å². The molecule has 0 unspecified atom stereocenters. The molecule has 0 aliphatic carbocycles. The smallest absolute Gasteiger partial charge is 0.248 e. The van der Waals surface area contributed by atoms with Crippen LogP contribution in [0.25, 0.3) is 0 Å². The van der Waals surface area contributed by atoms with Crippen molar-refractivity contribution in [3.8, 4) is 5.75 Å². The first-order valence-corrected chi connectivity index (χ1v) is 9.33. The van der Waals surface area contributed by atoms with Crippen LogP contribution in [0.3, 0.4) is 0 Å². The molecule has 3 aromatic rings. The molecule has 1 aliphatic rings. The minimum Gasteiger partial charge on any atom is -0.487 e. The molecule has 1 amide bonds. The molecule has 29 heavy (non-hydrogen) atoms. The van der Waals surface area contributed by atoms with E-state index in [0.717, 1.165) is 30.2 Å². The second-order valence-electron chi connectivity index (χ2n) is 6.92. The van der Waals surface area contributed by atoms with Gasteiger partial charge in [0, 0.05) is 30.1 Å². The SMILES string of the molecule is NC(=O)c1cccc(CNc2cc(N3CC(Oc4ccc(F)cc4)C3)ccn2)c1. The average Bonchev–Trinajstić information content (AvgIpc) is 2.70. The lowest BCUT2D eigenvalue weighted by molar-refractivity contribution is 0.1000. The number of pyridine rings is 1. The maximum absolute atomic E-state index is 13.0. The Bertz CT molecular complexity index is 1000. The van der Waals surface area contributed by atoms with E-state index in [1.807, 2.05) is 24.3 Å². The highest BCUT2D eigenvalue weighted by Crippen LogP contribution is 2.25. The Balaban J connectivity index is 1.32. The number of halogens is 1. The van der Waals surface area contributed by atoms with Gasteiger partial charge in [-0.15, -0.1) is 0 Å². The zero-order valence-electron chi connectivity index (χ0n) is 15.7. The first-order valence-electron chi connectivity index (χ1n) is 9.33. The minimum atomic E-state index is -0.442. The van der Waals surface area contributed by atoms with Gasteiger partial charge in [0.25, 0.3) is 0 Å². The third-order valence-corrected chi connectivity index (χ3v) is 4.76. The molecule has 3 N–H and O–H groups in total. The fourth-order valence-electron chi connectivity index (χ4n) is 3.17. The number of hydrogen-bond acceptors (Lipinski definition) is 5. The fraction of sp³-hybridized carbons (Fsp3) is 0.182. The van der Waals surface area contributed by atoms with E-state index in [2.05, 4.69) is 15.2 Å². The van der Waals surface area contributed by atoms with Crippen LogP contribution in [0.4, 0.5) is 15.9 Å². The second kappa shape index (κ2) is 8.18. The lowest BCUT2D eigenvalue weighted by atomic mass is 10.1. The van der Waals surface area contributed by atoms with Crippen molar-refractivity contribution in [2.24, 2.45) is 5.73 Å². The minimum absolute atomic E-state index is 0.0709. The molecule has 1 fully saturated rings. The lowest BCUT2D eigenvalue weighted by Crippen LogP contribution is -2.54. The molecule has 0 spiro atoms. The predicted octanol–water partition coefficient (Wildman–Crippen LogP) is 3.20. The highest BCUT2D eigenvalue weighted by atomic mass is 19.1. The van der Waals surface area contributed by atoms with Crippen LogP contribution in [-0.4, -0.2) is 30.1 Å². The summed E-state index contributed by atoms with van der Waals surface area (Å²) in [5, 5.41) is 3.27. The lowest BCUT2D eigenvalue weighted by Gasteiger charge is -2.40. The third kappa shape index (κ3) is 4.63. The van der Waals surface area contributed by atoms with Gasteiger partial charge in [-0.05, 0) is 48.0 Å². The summed E-state index contributed by atoms with van der Waals surface area (Å²) in [4.78, 5) is 17.8. The number of hydrogen-bond donors (Lipinski definition) is 2.